The fourth-order valence-corrected chi connectivity index (χ4v) is 2.61. The Hall–Kier alpha value is -2.78. The minimum atomic E-state index is 0.151. The van der Waals surface area contributed by atoms with Crippen molar-refractivity contribution in [2.45, 2.75) is 13.8 Å². The molecule has 1 aliphatic rings. The van der Waals surface area contributed by atoms with Gasteiger partial charge in [-0.25, -0.2) is 0 Å². The third kappa shape index (κ3) is 1.90. The molecule has 0 aromatic heterocycles. The van der Waals surface area contributed by atoms with E-state index in [1.165, 1.54) is 0 Å². The summed E-state index contributed by atoms with van der Waals surface area (Å²) < 4.78 is 0. The molecule has 1 heterocycles. The lowest BCUT2D eigenvalue weighted by Crippen LogP contribution is -2.24. The second kappa shape index (κ2) is 5.47. The molecule has 3 nitrogen and oxygen atoms in total. The van der Waals surface area contributed by atoms with Crippen molar-refractivity contribution in [3.05, 3.63) is 58.8 Å². The average molecular weight is 261 g/mol. The Balaban J connectivity index is 2.92. The van der Waals surface area contributed by atoms with Gasteiger partial charge in [0.05, 0.1) is 0 Å². The molecule has 2 rings (SSSR count). The van der Waals surface area contributed by atoms with Gasteiger partial charge in [0.15, 0.2) is 0 Å². The van der Waals surface area contributed by atoms with Crippen LogP contribution in [0.25, 0.3) is 5.57 Å². The molecule has 0 N–H and O–H groups in total. The highest BCUT2D eigenvalue weighted by Crippen LogP contribution is 2.43. The quantitative estimate of drug-likeness (QED) is 0.668. The molecule has 1 aromatic carbocycles. The third-order valence-corrected chi connectivity index (χ3v) is 3.48. The van der Waals surface area contributed by atoms with E-state index in [2.05, 4.69) is 4.90 Å². The van der Waals surface area contributed by atoms with Crippen LogP contribution in [0.5, 0.6) is 0 Å². The SMILES string of the molecule is C/C=C1/C(=C(C#N)C#N)c2ccccc2N(C)/C1=C/C. The molecule has 0 fully saturated rings. The summed E-state index contributed by atoms with van der Waals surface area (Å²) in [6, 6.07) is 11.9. The van der Waals surface area contributed by atoms with Crippen molar-refractivity contribution < 1.29 is 0 Å². The lowest BCUT2D eigenvalue weighted by Gasteiger charge is -2.34. The zero-order valence-corrected chi connectivity index (χ0v) is 11.8. The maximum absolute atomic E-state index is 9.25. The van der Waals surface area contributed by atoms with Crippen LogP contribution in [0.15, 0.2) is 53.3 Å². The van der Waals surface area contributed by atoms with Gasteiger partial charge in [0.2, 0.25) is 0 Å². The van der Waals surface area contributed by atoms with E-state index >= 15 is 0 Å². The maximum Gasteiger partial charge on any atom is 0.138 e. The standard InChI is InChI=1S/C17H15N3/c1-4-13-15(5-2)20(3)16-9-7-6-8-14(16)17(13)12(10-18)11-19/h4-9H,1-3H3/b13-4+,15-5+. The number of anilines is 1. The Bertz CT molecular complexity index is 705. The van der Waals surface area contributed by atoms with Crippen molar-refractivity contribution in [3.63, 3.8) is 0 Å². The Morgan fingerprint density at radius 2 is 1.75 bits per heavy atom. The van der Waals surface area contributed by atoms with Crippen molar-refractivity contribution in [1.29, 1.82) is 10.5 Å². The molecule has 1 aliphatic heterocycles. The molecular formula is C17H15N3. The highest BCUT2D eigenvalue weighted by molar-refractivity contribution is 5.98. The highest BCUT2D eigenvalue weighted by atomic mass is 15.1. The number of nitriles is 2. The van der Waals surface area contributed by atoms with Crippen LogP contribution in [-0.4, -0.2) is 7.05 Å². The predicted octanol–water partition coefficient (Wildman–Crippen LogP) is 3.79. The zero-order chi connectivity index (χ0) is 14.7. The number of allylic oxidation sites excluding steroid dienone is 4. The van der Waals surface area contributed by atoms with E-state index in [0.717, 1.165) is 28.1 Å². The first-order chi connectivity index (χ1) is 9.69. The molecule has 0 unspecified atom stereocenters. The summed E-state index contributed by atoms with van der Waals surface area (Å²) >= 11 is 0. The minimum Gasteiger partial charge on any atom is -0.344 e. The van der Waals surface area contributed by atoms with Crippen molar-refractivity contribution in [2.24, 2.45) is 0 Å². The second-order valence-corrected chi connectivity index (χ2v) is 4.43. The highest BCUT2D eigenvalue weighted by Gasteiger charge is 2.28. The minimum absolute atomic E-state index is 0.151. The van der Waals surface area contributed by atoms with Crippen LogP contribution < -0.4 is 4.90 Å². The number of nitrogens with zero attached hydrogens (tertiary/aromatic N) is 3. The van der Waals surface area contributed by atoms with Gasteiger partial charge in [-0.1, -0.05) is 30.4 Å². The van der Waals surface area contributed by atoms with E-state index in [1.54, 1.807) is 0 Å². The predicted molar refractivity (Wildman–Crippen MR) is 80.5 cm³/mol. The summed E-state index contributed by atoms with van der Waals surface area (Å²) in [4.78, 5) is 2.08. The Morgan fingerprint density at radius 3 is 2.30 bits per heavy atom. The number of para-hydroxylation sites is 1. The van der Waals surface area contributed by atoms with Crippen LogP contribution in [0.4, 0.5) is 5.69 Å². The van der Waals surface area contributed by atoms with Gasteiger partial charge in [-0.15, -0.1) is 0 Å². The molecule has 0 saturated carbocycles. The number of rotatable bonds is 0. The van der Waals surface area contributed by atoms with Crippen LogP contribution in [0.3, 0.4) is 0 Å². The van der Waals surface area contributed by atoms with E-state index < -0.39 is 0 Å². The topological polar surface area (TPSA) is 50.8 Å². The molecule has 20 heavy (non-hydrogen) atoms. The molecule has 0 amide bonds. The fraction of sp³-hybridized carbons (Fsp3) is 0.176. The van der Waals surface area contributed by atoms with Crippen molar-refractivity contribution in [3.8, 4) is 12.1 Å². The smallest absolute Gasteiger partial charge is 0.138 e. The van der Waals surface area contributed by atoms with E-state index in [0.29, 0.717) is 0 Å². The van der Waals surface area contributed by atoms with E-state index in [4.69, 9.17) is 0 Å². The number of benzene rings is 1. The number of fused-ring (bicyclic) bond motifs is 1. The van der Waals surface area contributed by atoms with Gasteiger partial charge in [0, 0.05) is 35.1 Å². The third-order valence-electron chi connectivity index (χ3n) is 3.48. The zero-order valence-electron chi connectivity index (χ0n) is 11.8. The van der Waals surface area contributed by atoms with Gasteiger partial charge in [-0.3, -0.25) is 0 Å². The molecule has 0 radical (unpaired) electrons. The van der Waals surface area contributed by atoms with Gasteiger partial charge in [-0.05, 0) is 19.9 Å². The summed E-state index contributed by atoms with van der Waals surface area (Å²) in [6.07, 6.45) is 3.95. The number of likely N-dealkylation sites (N-methyl/N-ethyl adjacent to an activating group) is 1. The van der Waals surface area contributed by atoms with Crippen LogP contribution in [0.1, 0.15) is 19.4 Å². The first-order valence-electron chi connectivity index (χ1n) is 6.40. The van der Waals surface area contributed by atoms with Crippen molar-refractivity contribution in [2.75, 3.05) is 11.9 Å². The molecule has 0 bridgehead atoms. The molecular weight excluding hydrogens is 246 g/mol. The summed E-state index contributed by atoms with van der Waals surface area (Å²) in [5, 5.41) is 18.5. The van der Waals surface area contributed by atoms with Gasteiger partial charge in [0.25, 0.3) is 0 Å². The lowest BCUT2D eigenvalue weighted by molar-refractivity contribution is 1.08. The van der Waals surface area contributed by atoms with Gasteiger partial charge < -0.3 is 4.90 Å². The van der Waals surface area contributed by atoms with Crippen LogP contribution in [0.2, 0.25) is 0 Å². The molecule has 0 atom stereocenters. The van der Waals surface area contributed by atoms with Crippen molar-refractivity contribution >= 4 is 11.3 Å². The van der Waals surface area contributed by atoms with Crippen LogP contribution in [0, 0.1) is 22.7 Å². The number of hydrogen-bond donors (Lipinski definition) is 0. The molecule has 1 aromatic rings. The van der Waals surface area contributed by atoms with Crippen molar-refractivity contribution in [1.82, 2.24) is 0 Å². The molecule has 0 saturated heterocycles. The van der Waals surface area contributed by atoms with Crippen LogP contribution in [-0.2, 0) is 0 Å². The normalized spacial score (nSPS) is 17.6. The Morgan fingerprint density at radius 1 is 1.10 bits per heavy atom. The first kappa shape index (κ1) is 13.6. The van der Waals surface area contributed by atoms with E-state index in [-0.39, 0.29) is 5.57 Å². The lowest BCUT2D eigenvalue weighted by atomic mass is 9.86. The average Bonchev–Trinajstić information content (AvgIpc) is 2.50. The largest absolute Gasteiger partial charge is 0.344 e. The van der Waals surface area contributed by atoms with E-state index in [9.17, 15) is 10.5 Å². The Labute approximate surface area is 119 Å². The van der Waals surface area contributed by atoms with Gasteiger partial charge in [0.1, 0.15) is 17.7 Å². The summed E-state index contributed by atoms with van der Waals surface area (Å²) in [5.41, 5.74) is 4.73. The summed E-state index contributed by atoms with van der Waals surface area (Å²) in [7, 11) is 1.99. The summed E-state index contributed by atoms with van der Waals surface area (Å²) in [6.45, 7) is 3.88. The molecule has 0 spiro atoms. The Kier molecular flexibility index (Phi) is 3.73. The first-order valence-corrected chi connectivity index (χ1v) is 6.40. The molecule has 98 valence electrons. The van der Waals surface area contributed by atoms with Gasteiger partial charge in [-0.2, -0.15) is 10.5 Å². The monoisotopic (exact) mass is 261 g/mol. The molecule has 0 aliphatic carbocycles. The molecule has 3 heteroatoms. The summed E-state index contributed by atoms with van der Waals surface area (Å²) in [5.74, 6) is 0. The number of hydrogen-bond acceptors (Lipinski definition) is 3. The maximum atomic E-state index is 9.25. The van der Waals surface area contributed by atoms with Gasteiger partial charge >= 0.3 is 0 Å². The van der Waals surface area contributed by atoms with E-state index in [1.807, 2.05) is 69.5 Å². The second-order valence-electron chi connectivity index (χ2n) is 4.43. The fourth-order valence-electron chi connectivity index (χ4n) is 2.61. The van der Waals surface area contributed by atoms with Crippen LogP contribution >= 0.6 is 0 Å².